The van der Waals surface area contributed by atoms with Crippen molar-refractivity contribution in [2.24, 2.45) is 0 Å². The molecule has 0 radical (unpaired) electrons. The lowest BCUT2D eigenvalue weighted by Crippen LogP contribution is -2.42. The zero-order valence-corrected chi connectivity index (χ0v) is 11.1. The van der Waals surface area contributed by atoms with Gasteiger partial charge >= 0.3 is 5.97 Å². The number of nitrogens with one attached hydrogen (secondary N) is 2. The van der Waals surface area contributed by atoms with Gasteiger partial charge in [-0.25, -0.2) is 4.79 Å². The minimum absolute atomic E-state index is 0.123. The van der Waals surface area contributed by atoms with Gasteiger partial charge in [0.05, 0.1) is 0 Å². The lowest BCUT2D eigenvalue weighted by Gasteiger charge is -2.14. The molecule has 21 heavy (non-hydrogen) atoms. The molecule has 1 heterocycles. The normalized spacial score (nSPS) is 11.6. The van der Waals surface area contributed by atoms with Crippen LogP contribution in [0.5, 0.6) is 0 Å². The molecule has 0 bridgehead atoms. The highest BCUT2D eigenvalue weighted by molar-refractivity contribution is 5.96. The molecule has 108 valence electrons. The van der Waals surface area contributed by atoms with Crippen LogP contribution < -0.4 is 10.9 Å². The van der Waals surface area contributed by atoms with Gasteiger partial charge in [0.1, 0.15) is 6.04 Å². The number of hydrogen-bond donors (Lipinski definition) is 3. The summed E-state index contributed by atoms with van der Waals surface area (Å²) in [7, 11) is 0. The Labute approximate surface area is 120 Å². The summed E-state index contributed by atoms with van der Waals surface area (Å²) < 4.78 is 0. The Morgan fingerprint density at radius 3 is 2.52 bits per heavy atom. The van der Waals surface area contributed by atoms with E-state index < -0.39 is 23.5 Å². The Bertz CT molecular complexity index is 694. The molecule has 3 N–H and O–H groups in total. The van der Waals surface area contributed by atoms with Crippen molar-refractivity contribution in [1.82, 2.24) is 10.3 Å². The minimum Gasteiger partial charge on any atom is -0.480 e. The summed E-state index contributed by atoms with van der Waals surface area (Å²) in [6, 6.07) is 10.5. The summed E-state index contributed by atoms with van der Waals surface area (Å²) in [5.74, 6) is -1.72. The Hall–Kier alpha value is -2.89. The minimum atomic E-state index is -1.13. The van der Waals surface area contributed by atoms with Crippen molar-refractivity contribution in [3.63, 3.8) is 0 Å². The fraction of sp³-hybridized carbons (Fsp3) is 0.133. The van der Waals surface area contributed by atoms with Crippen LogP contribution in [0.1, 0.15) is 15.9 Å². The number of H-pyrrole nitrogens is 1. The van der Waals surface area contributed by atoms with Crippen molar-refractivity contribution in [3.05, 3.63) is 70.1 Å². The first-order chi connectivity index (χ1) is 10.1. The SMILES string of the molecule is O=C(NC(Cc1ccccc1)C(=O)O)c1cc[nH]c(=O)c1. The van der Waals surface area contributed by atoms with Gasteiger partial charge in [0, 0.05) is 24.2 Å². The second kappa shape index (κ2) is 6.51. The number of pyridine rings is 1. The van der Waals surface area contributed by atoms with E-state index in [4.69, 9.17) is 0 Å². The molecule has 2 aromatic rings. The third kappa shape index (κ3) is 4.04. The first kappa shape index (κ1) is 14.5. The van der Waals surface area contributed by atoms with Gasteiger partial charge in [-0.2, -0.15) is 0 Å². The topological polar surface area (TPSA) is 99.3 Å². The standard InChI is InChI=1S/C15H14N2O4/c18-13-9-11(6-7-16-13)14(19)17-12(15(20)21)8-10-4-2-1-3-5-10/h1-7,9,12H,8H2,(H,16,18)(H,17,19)(H,20,21). The molecule has 0 saturated heterocycles. The molecule has 6 nitrogen and oxygen atoms in total. The van der Waals surface area contributed by atoms with Crippen molar-refractivity contribution < 1.29 is 14.7 Å². The molecule has 1 aromatic heterocycles. The average molecular weight is 286 g/mol. The van der Waals surface area contributed by atoms with Gasteiger partial charge < -0.3 is 15.4 Å². The van der Waals surface area contributed by atoms with Crippen LogP contribution in [-0.4, -0.2) is 28.0 Å². The number of aromatic nitrogens is 1. The van der Waals surface area contributed by atoms with E-state index >= 15 is 0 Å². The van der Waals surface area contributed by atoms with Crippen LogP contribution >= 0.6 is 0 Å². The van der Waals surface area contributed by atoms with Gasteiger partial charge in [-0.15, -0.1) is 0 Å². The molecule has 1 unspecified atom stereocenters. The van der Waals surface area contributed by atoms with Crippen molar-refractivity contribution in [2.75, 3.05) is 0 Å². The summed E-state index contributed by atoms with van der Waals surface area (Å²) in [6.07, 6.45) is 1.51. The molecular formula is C15H14N2O4. The molecule has 0 aliphatic carbocycles. The number of benzene rings is 1. The maximum atomic E-state index is 12.0. The lowest BCUT2D eigenvalue weighted by molar-refractivity contribution is -0.139. The molecule has 0 aliphatic heterocycles. The van der Waals surface area contributed by atoms with Gasteiger partial charge in [-0.1, -0.05) is 30.3 Å². The summed E-state index contributed by atoms with van der Waals surface area (Å²) >= 11 is 0. The van der Waals surface area contributed by atoms with Crippen molar-refractivity contribution in [1.29, 1.82) is 0 Å². The number of hydrogen-bond acceptors (Lipinski definition) is 3. The largest absolute Gasteiger partial charge is 0.480 e. The van der Waals surface area contributed by atoms with Gasteiger partial charge in [-0.05, 0) is 11.6 Å². The number of aliphatic carboxylic acids is 1. The summed E-state index contributed by atoms with van der Waals surface area (Å²) in [5, 5.41) is 11.6. The molecular weight excluding hydrogens is 272 g/mol. The number of rotatable bonds is 5. The second-order valence-electron chi connectivity index (χ2n) is 4.50. The predicted octanol–water partition coefficient (Wildman–Crippen LogP) is 0.801. The number of carbonyl (C=O) groups is 2. The number of carboxylic acid groups (broad SMARTS) is 1. The maximum Gasteiger partial charge on any atom is 0.326 e. The zero-order chi connectivity index (χ0) is 15.2. The van der Waals surface area contributed by atoms with E-state index in [1.54, 1.807) is 24.3 Å². The molecule has 1 amide bonds. The van der Waals surface area contributed by atoms with Crippen LogP contribution in [0.4, 0.5) is 0 Å². The van der Waals surface area contributed by atoms with Crippen molar-refractivity contribution >= 4 is 11.9 Å². The van der Waals surface area contributed by atoms with E-state index in [-0.39, 0.29) is 12.0 Å². The van der Waals surface area contributed by atoms with Gasteiger partial charge in [-0.3, -0.25) is 9.59 Å². The van der Waals surface area contributed by atoms with Crippen LogP contribution in [0, 0.1) is 0 Å². The quantitative estimate of drug-likeness (QED) is 0.757. The molecule has 0 aliphatic rings. The highest BCUT2D eigenvalue weighted by atomic mass is 16.4. The fourth-order valence-electron chi connectivity index (χ4n) is 1.88. The Balaban J connectivity index is 2.11. The number of carboxylic acids is 1. The van der Waals surface area contributed by atoms with Crippen LogP contribution in [0.15, 0.2) is 53.5 Å². The molecule has 1 atom stereocenters. The summed E-state index contributed by atoms with van der Waals surface area (Å²) in [4.78, 5) is 36.8. The van der Waals surface area contributed by atoms with E-state index in [2.05, 4.69) is 10.3 Å². The third-order valence-corrected chi connectivity index (χ3v) is 2.92. The summed E-state index contributed by atoms with van der Waals surface area (Å²) in [6.45, 7) is 0. The van der Waals surface area contributed by atoms with E-state index in [1.807, 2.05) is 6.07 Å². The first-order valence-electron chi connectivity index (χ1n) is 6.32. The monoisotopic (exact) mass is 286 g/mol. The van der Waals surface area contributed by atoms with Gasteiger partial charge in [0.2, 0.25) is 5.56 Å². The Kier molecular flexibility index (Phi) is 4.50. The summed E-state index contributed by atoms with van der Waals surface area (Å²) in [5.41, 5.74) is 0.506. The van der Waals surface area contributed by atoms with E-state index in [1.165, 1.54) is 12.3 Å². The second-order valence-corrected chi connectivity index (χ2v) is 4.50. The van der Waals surface area contributed by atoms with E-state index in [0.29, 0.717) is 0 Å². The third-order valence-electron chi connectivity index (χ3n) is 2.92. The molecule has 1 aromatic carbocycles. The van der Waals surface area contributed by atoms with E-state index in [0.717, 1.165) is 11.6 Å². The highest BCUT2D eigenvalue weighted by Crippen LogP contribution is 2.04. The van der Waals surface area contributed by atoms with Crippen molar-refractivity contribution in [3.8, 4) is 0 Å². The van der Waals surface area contributed by atoms with Crippen LogP contribution in [0.2, 0.25) is 0 Å². The number of amides is 1. The number of carbonyl (C=O) groups excluding carboxylic acids is 1. The molecule has 0 saturated carbocycles. The van der Waals surface area contributed by atoms with Crippen LogP contribution in [0.25, 0.3) is 0 Å². The predicted molar refractivity (Wildman–Crippen MR) is 76.1 cm³/mol. The van der Waals surface area contributed by atoms with E-state index in [9.17, 15) is 19.5 Å². The highest BCUT2D eigenvalue weighted by Gasteiger charge is 2.21. The Morgan fingerprint density at radius 1 is 1.19 bits per heavy atom. The fourth-order valence-corrected chi connectivity index (χ4v) is 1.88. The smallest absolute Gasteiger partial charge is 0.326 e. The number of aromatic amines is 1. The zero-order valence-electron chi connectivity index (χ0n) is 11.1. The Morgan fingerprint density at radius 2 is 1.90 bits per heavy atom. The lowest BCUT2D eigenvalue weighted by atomic mass is 10.1. The molecule has 2 rings (SSSR count). The van der Waals surface area contributed by atoms with Gasteiger partial charge in [0.15, 0.2) is 0 Å². The molecule has 0 spiro atoms. The van der Waals surface area contributed by atoms with Crippen LogP contribution in [-0.2, 0) is 11.2 Å². The van der Waals surface area contributed by atoms with Crippen molar-refractivity contribution in [2.45, 2.75) is 12.5 Å². The molecule has 6 heteroatoms. The average Bonchev–Trinajstić information content (AvgIpc) is 2.47. The van der Waals surface area contributed by atoms with Crippen LogP contribution in [0.3, 0.4) is 0 Å². The van der Waals surface area contributed by atoms with Gasteiger partial charge in [0.25, 0.3) is 5.91 Å². The maximum absolute atomic E-state index is 12.0. The molecule has 0 fully saturated rings. The first-order valence-corrected chi connectivity index (χ1v) is 6.32.